The average Bonchev–Trinajstić information content (AvgIpc) is 2.63. The summed E-state index contributed by atoms with van der Waals surface area (Å²) in [6, 6.07) is 13.5. The molecule has 2 aromatic rings. The lowest BCUT2D eigenvalue weighted by Gasteiger charge is -2.34. The highest BCUT2D eigenvalue weighted by molar-refractivity contribution is 6.00. The minimum Gasteiger partial charge on any atom is -0.478 e. The van der Waals surface area contributed by atoms with Gasteiger partial charge in [-0.2, -0.15) is 0 Å². The van der Waals surface area contributed by atoms with E-state index in [0.29, 0.717) is 30.0 Å². The van der Waals surface area contributed by atoms with Crippen LogP contribution in [0, 0.1) is 0 Å². The van der Waals surface area contributed by atoms with Crippen molar-refractivity contribution in [3.8, 4) is 5.75 Å². The predicted octanol–water partition coefficient (Wildman–Crippen LogP) is 4.50. The molecule has 0 saturated heterocycles. The monoisotopic (exact) mass is 351 g/mol. The van der Waals surface area contributed by atoms with Gasteiger partial charge in [0.2, 0.25) is 0 Å². The summed E-state index contributed by atoms with van der Waals surface area (Å²) in [6.45, 7) is 8.92. The molecule has 4 heteroatoms. The first kappa shape index (κ1) is 18.2. The van der Waals surface area contributed by atoms with Crippen LogP contribution in [0.15, 0.2) is 42.5 Å². The fraction of sp³-hybridized carbons (Fsp3) is 0.364. The van der Waals surface area contributed by atoms with E-state index in [-0.39, 0.29) is 11.3 Å². The van der Waals surface area contributed by atoms with Gasteiger partial charge in [-0.1, -0.05) is 52.0 Å². The van der Waals surface area contributed by atoms with E-state index in [2.05, 4.69) is 45.0 Å². The third-order valence-corrected chi connectivity index (χ3v) is 4.75. The average molecular weight is 351 g/mol. The van der Waals surface area contributed by atoms with Gasteiger partial charge in [0.15, 0.2) is 6.10 Å². The van der Waals surface area contributed by atoms with Crippen LogP contribution in [0.2, 0.25) is 0 Å². The highest BCUT2D eigenvalue weighted by Crippen LogP contribution is 2.36. The number of carbonyl (C=O) groups excluding carboxylic acids is 2. The van der Waals surface area contributed by atoms with E-state index in [1.54, 1.807) is 23.1 Å². The van der Waals surface area contributed by atoms with Crippen LogP contribution in [0.25, 0.3) is 0 Å². The quantitative estimate of drug-likeness (QED) is 0.762. The number of aldehydes is 1. The molecule has 0 fully saturated rings. The molecule has 1 aliphatic rings. The summed E-state index contributed by atoms with van der Waals surface area (Å²) in [7, 11) is 0. The Hall–Kier alpha value is -2.62. The van der Waals surface area contributed by atoms with Gasteiger partial charge in [-0.25, -0.2) is 0 Å². The van der Waals surface area contributed by atoms with Crippen LogP contribution in [0.1, 0.15) is 55.6 Å². The normalized spacial score (nSPS) is 16.8. The summed E-state index contributed by atoms with van der Waals surface area (Å²) in [6.07, 6.45) is 0.901. The fourth-order valence-corrected chi connectivity index (χ4v) is 3.13. The van der Waals surface area contributed by atoms with Crippen molar-refractivity contribution in [3.05, 3.63) is 59.2 Å². The number of rotatable bonds is 4. The summed E-state index contributed by atoms with van der Waals surface area (Å²) in [5, 5.41) is 0. The number of anilines is 1. The van der Waals surface area contributed by atoms with E-state index in [0.717, 1.165) is 11.8 Å². The molecule has 2 aromatic carbocycles. The summed E-state index contributed by atoms with van der Waals surface area (Å²) >= 11 is 0. The van der Waals surface area contributed by atoms with Gasteiger partial charge in [0, 0.05) is 5.56 Å². The number of ether oxygens (including phenoxy) is 1. The van der Waals surface area contributed by atoms with Gasteiger partial charge in [0.25, 0.3) is 5.91 Å². The Bertz CT molecular complexity index is 818. The molecule has 1 heterocycles. The third kappa shape index (κ3) is 3.50. The van der Waals surface area contributed by atoms with E-state index in [1.165, 1.54) is 5.56 Å². The maximum Gasteiger partial charge on any atom is 0.268 e. The Morgan fingerprint density at radius 3 is 2.38 bits per heavy atom. The Balaban J connectivity index is 1.95. The Morgan fingerprint density at radius 2 is 1.81 bits per heavy atom. The minimum absolute atomic E-state index is 0.0667. The second-order valence-electron chi connectivity index (χ2n) is 7.73. The molecule has 0 bridgehead atoms. The first-order chi connectivity index (χ1) is 12.3. The largest absolute Gasteiger partial charge is 0.478 e. The lowest BCUT2D eigenvalue weighted by Crippen LogP contribution is -2.45. The SMILES string of the molecule is CCC1Oc2ccc(C=O)cc2N(Cc2ccc(C(C)(C)C)cc2)C1=O. The molecule has 136 valence electrons. The number of amides is 1. The highest BCUT2D eigenvalue weighted by atomic mass is 16.5. The first-order valence-corrected chi connectivity index (χ1v) is 9.00. The van der Waals surface area contributed by atoms with Crippen molar-refractivity contribution >= 4 is 17.9 Å². The summed E-state index contributed by atoms with van der Waals surface area (Å²) in [4.78, 5) is 25.7. The van der Waals surface area contributed by atoms with Crippen molar-refractivity contribution in [3.63, 3.8) is 0 Å². The highest BCUT2D eigenvalue weighted by Gasteiger charge is 2.33. The van der Waals surface area contributed by atoms with Crippen LogP contribution in [0.3, 0.4) is 0 Å². The van der Waals surface area contributed by atoms with Crippen molar-refractivity contribution in [2.45, 2.75) is 52.2 Å². The van der Waals surface area contributed by atoms with Gasteiger partial charge in [0.05, 0.1) is 12.2 Å². The van der Waals surface area contributed by atoms with E-state index in [9.17, 15) is 9.59 Å². The number of fused-ring (bicyclic) bond motifs is 1. The first-order valence-electron chi connectivity index (χ1n) is 9.00. The van der Waals surface area contributed by atoms with Gasteiger partial charge in [-0.3, -0.25) is 9.59 Å². The molecule has 1 aliphatic heterocycles. The molecule has 3 rings (SSSR count). The summed E-state index contributed by atoms with van der Waals surface area (Å²) in [5.74, 6) is 0.580. The number of nitrogens with zero attached hydrogens (tertiary/aromatic N) is 1. The van der Waals surface area contributed by atoms with Crippen LogP contribution in [-0.4, -0.2) is 18.3 Å². The second kappa shape index (κ2) is 6.94. The molecule has 26 heavy (non-hydrogen) atoms. The Morgan fingerprint density at radius 1 is 1.12 bits per heavy atom. The summed E-state index contributed by atoms with van der Waals surface area (Å²) < 4.78 is 5.82. The standard InChI is InChI=1S/C22H25NO3/c1-5-19-21(25)23(18-12-16(14-24)8-11-20(18)26-19)13-15-6-9-17(10-7-15)22(2,3)4/h6-12,14,19H,5,13H2,1-4H3. The van der Waals surface area contributed by atoms with E-state index >= 15 is 0 Å². The molecule has 4 nitrogen and oxygen atoms in total. The lowest BCUT2D eigenvalue weighted by molar-refractivity contribution is -0.126. The fourth-order valence-electron chi connectivity index (χ4n) is 3.13. The van der Waals surface area contributed by atoms with Crippen molar-refractivity contribution in [2.24, 2.45) is 0 Å². The smallest absolute Gasteiger partial charge is 0.268 e. The number of hydrogen-bond donors (Lipinski definition) is 0. The molecule has 0 N–H and O–H groups in total. The second-order valence-corrected chi connectivity index (χ2v) is 7.73. The van der Waals surface area contributed by atoms with Gasteiger partial charge in [-0.15, -0.1) is 0 Å². The number of hydrogen-bond acceptors (Lipinski definition) is 3. The molecule has 1 amide bonds. The molecule has 0 radical (unpaired) electrons. The van der Waals surface area contributed by atoms with E-state index < -0.39 is 6.10 Å². The number of carbonyl (C=O) groups is 2. The zero-order valence-corrected chi connectivity index (χ0v) is 15.8. The summed E-state index contributed by atoms with van der Waals surface area (Å²) in [5.41, 5.74) is 3.58. The van der Waals surface area contributed by atoms with Crippen molar-refractivity contribution < 1.29 is 14.3 Å². The van der Waals surface area contributed by atoms with Crippen LogP contribution < -0.4 is 9.64 Å². The maximum absolute atomic E-state index is 12.9. The molecule has 0 saturated carbocycles. The number of benzene rings is 2. The molecular weight excluding hydrogens is 326 g/mol. The van der Waals surface area contributed by atoms with E-state index in [4.69, 9.17) is 4.74 Å². The Kier molecular flexibility index (Phi) is 4.86. The van der Waals surface area contributed by atoms with Crippen LogP contribution in [0.5, 0.6) is 5.75 Å². The van der Waals surface area contributed by atoms with Crippen molar-refractivity contribution in [1.29, 1.82) is 0 Å². The van der Waals surface area contributed by atoms with Crippen LogP contribution >= 0.6 is 0 Å². The predicted molar refractivity (Wildman–Crippen MR) is 103 cm³/mol. The molecule has 1 atom stereocenters. The van der Waals surface area contributed by atoms with Crippen molar-refractivity contribution in [2.75, 3.05) is 4.90 Å². The Labute approximate surface area is 154 Å². The van der Waals surface area contributed by atoms with Crippen molar-refractivity contribution in [1.82, 2.24) is 0 Å². The third-order valence-electron chi connectivity index (χ3n) is 4.75. The van der Waals surface area contributed by atoms with Crippen LogP contribution in [0.4, 0.5) is 5.69 Å². The molecular formula is C22H25NO3. The van der Waals surface area contributed by atoms with Crippen LogP contribution in [-0.2, 0) is 16.8 Å². The minimum atomic E-state index is -0.488. The lowest BCUT2D eigenvalue weighted by atomic mass is 9.86. The topological polar surface area (TPSA) is 46.6 Å². The molecule has 0 aliphatic carbocycles. The van der Waals surface area contributed by atoms with Gasteiger partial charge < -0.3 is 9.64 Å². The molecule has 0 aromatic heterocycles. The zero-order chi connectivity index (χ0) is 18.9. The zero-order valence-electron chi connectivity index (χ0n) is 15.8. The van der Waals surface area contributed by atoms with E-state index in [1.807, 2.05) is 6.92 Å². The van der Waals surface area contributed by atoms with Gasteiger partial charge >= 0.3 is 0 Å². The molecule has 0 spiro atoms. The van der Waals surface area contributed by atoms with Gasteiger partial charge in [-0.05, 0) is 41.2 Å². The molecule has 1 unspecified atom stereocenters. The maximum atomic E-state index is 12.9. The van der Waals surface area contributed by atoms with Gasteiger partial charge in [0.1, 0.15) is 12.0 Å².